The van der Waals surface area contributed by atoms with Gasteiger partial charge >= 0.3 is 12.1 Å². The van der Waals surface area contributed by atoms with E-state index < -0.39 is 12.1 Å². The Morgan fingerprint density at radius 3 is 2.31 bits per heavy atom. The molecule has 2 aromatic carbocycles. The van der Waals surface area contributed by atoms with Crippen molar-refractivity contribution in [1.29, 1.82) is 0 Å². The second-order valence-corrected chi connectivity index (χ2v) is 14.0. The molecule has 0 unspecified atom stereocenters. The number of urea groups is 1. The number of rotatable bonds is 19. The smallest absolute Gasteiger partial charge is 0.407 e. The Balaban J connectivity index is 1.27. The summed E-state index contributed by atoms with van der Waals surface area (Å²) in [5.41, 5.74) is 3.95. The number of thiazole rings is 1. The first kappa shape index (κ1) is 37.7. The number of alkyl carbamates (subject to hydrolysis) is 1. The topological polar surface area (TPSA) is 126 Å². The molecule has 1 aliphatic rings. The molecular formula is C39H49N5O6S. The van der Waals surface area contributed by atoms with Gasteiger partial charge in [-0.3, -0.25) is 14.7 Å². The van der Waals surface area contributed by atoms with Crippen LogP contribution in [0.15, 0.2) is 95.2 Å². The molecule has 2 aromatic heterocycles. The largest absolute Gasteiger partial charge is 0.467 e. The van der Waals surface area contributed by atoms with Crippen molar-refractivity contribution in [2.24, 2.45) is 5.92 Å². The molecule has 11 nitrogen and oxygen atoms in total. The summed E-state index contributed by atoms with van der Waals surface area (Å²) in [6, 6.07) is 22.6. The predicted molar refractivity (Wildman–Crippen MR) is 196 cm³/mol. The Kier molecular flexibility index (Phi) is 15.1. The highest BCUT2D eigenvalue weighted by Crippen LogP contribution is 2.23. The lowest BCUT2D eigenvalue weighted by Crippen LogP contribution is -2.48. The lowest BCUT2D eigenvalue weighted by Gasteiger charge is -2.29. The van der Waals surface area contributed by atoms with E-state index in [1.807, 2.05) is 54.6 Å². The molecule has 2 N–H and O–H groups in total. The van der Waals surface area contributed by atoms with Gasteiger partial charge in [0.25, 0.3) is 0 Å². The summed E-state index contributed by atoms with van der Waals surface area (Å²) >= 11 is 1.44. The van der Waals surface area contributed by atoms with E-state index in [1.165, 1.54) is 16.2 Å². The van der Waals surface area contributed by atoms with Gasteiger partial charge in [-0.2, -0.15) is 0 Å². The van der Waals surface area contributed by atoms with Crippen LogP contribution in [0.25, 0.3) is 0 Å². The molecule has 3 heterocycles. The summed E-state index contributed by atoms with van der Waals surface area (Å²) in [5.74, 6) is 0.648. The van der Waals surface area contributed by atoms with Crippen LogP contribution in [0.3, 0.4) is 0 Å². The van der Waals surface area contributed by atoms with E-state index in [1.54, 1.807) is 31.1 Å². The molecule has 4 aromatic rings. The van der Waals surface area contributed by atoms with Crippen molar-refractivity contribution in [2.45, 2.75) is 63.8 Å². The highest BCUT2D eigenvalue weighted by Gasteiger charge is 2.27. The third-order valence-electron chi connectivity index (χ3n) is 9.10. The van der Waals surface area contributed by atoms with Gasteiger partial charge in [-0.15, -0.1) is 11.3 Å². The Morgan fingerprint density at radius 2 is 1.65 bits per heavy atom. The summed E-state index contributed by atoms with van der Waals surface area (Å²) in [5, 5.41) is 6.14. The summed E-state index contributed by atoms with van der Waals surface area (Å²) in [7, 11) is 1.70. The van der Waals surface area contributed by atoms with Gasteiger partial charge in [-0.05, 0) is 61.3 Å². The molecular weight excluding hydrogens is 667 g/mol. The first-order valence-corrected chi connectivity index (χ1v) is 18.5. The van der Waals surface area contributed by atoms with Crippen molar-refractivity contribution < 1.29 is 28.3 Å². The van der Waals surface area contributed by atoms with Gasteiger partial charge < -0.3 is 29.4 Å². The number of amides is 3. The minimum absolute atomic E-state index is 0.000440. The number of benzene rings is 2. The van der Waals surface area contributed by atoms with Crippen LogP contribution in [0, 0.1) is 5.92 Å². The molecule has 0 spiro atoms. The van der Waals surface area contributed by atoms with Gasteiger partial charge in [0.2, 0.25) is 0 Å². The lowest BCUT2D eigenvalue weighted by atomic mass is 9.86. The minimum Gasteiger partial charge on any atom is -0.467 e. The molecule has 12 heteroatoms. The molecule has 1 saturated heterocycles. The molecule has 51 heavy (non-hydrogen) atoms. The SMILES string of the molecule is CN(Cc1ccco1)C(=O)N[C@@H](CCN1CCOCC1)C(=O)C[C@H](CC[C@H](Cc1ccccc1)NC(=O)OCc1cncs1)Cc1ccccc1. The number of ether oxygens (including phenoxy) is 2. The molecule has 5 rings (SSSR count). The fraction of sp³-hybridized carbons (Fsp3) is 0.436. The summed E-state index contributed by atoms with van der Waals surface area (Å²) < 4.78 is 16.5. The molecule has 1 fully saturated rings. The normalized spacial score (nSPS) is 15.0. The van der Waals surface area contributed by atoms with Gasteiger partial charge in [0, 0.05) is 45.3 Å². The molecule has 0 radical (unpaired) electrons. The monoisotopic (exact) mass is 715 g/mol. The third kappa shape index (κ3) is 13.3. The number of ketones is 1. The van der Waals surface area contributed by atoms with Gasteiger partial charge in [0.1, 0.15) is 12.4 Å². The number of hydrogen-bond donors (Lipinski definition) is 2. The number of carbonyl (C=O) groups is 3. The fourth-order valence-electron chi connectivity index (χ4n) is 6.29. The predicted octanol–water partition coefficient (Wildman–Crippen LogP) is 6.10. The minimum atomic E-state index is -0.655. The van der Waals surface area contributed by atoms with E-state index in [2.05, 4.69) is 32.7 Å². The first-order valence-electron chi connectivity index (χ1n) is 17.7. The Labute approximate surface area is 304 Å². The second kappa shape index (κ2) is 20.4. The van der Waals surface area contributed by atoms with Crippen LogP contribution in [0.5, 0.6) is 0 Å². The number of morpholine rings is 1. The fourth-order valence-corrected chi connectivity index (χ4v) is 6.79. The van der Waals surface area contributed by atoms with E-state index in [0.717, 1.165) is 29.1 Å². The number of aromatic nitrogens is 1. The number of furan rings is 1. The van der Waals surface area contributed by atoms with Crippen LogP contribution in [-0.2, 0) is 40.3 Å². The highest BCUT2D eigenvalue weighted by molar-refractivity contribution is 7.09. The first-order chi connectivity index (χ1) is 24.9. The van der Waals surface area contributed by atoms with Gasteiger partial charge in [-0.1, -0.05) is 60.7 Å². The number of Topliss-reactive ketones (excluding diaryl/α,β-unsaturated/α-hetero) is 1. The third-order valence-corrected chi connectivity index (χ3v) is 9.85. The van der Waals surface area contributed by atoms with Crippen LogP contribution < -0.4 is 10.6 Å². The summed E-state index contributed by atoms with van der Waals surface area (Å²) in [4.78, 5) is 49.2. The van der Waals surface area contributed by atoms with Crippen LogP contribution >= 0.6 is 11.3 Å². The van der Waals surface area contributed by atoms with Crippen molar-refractivity contribution >= 4 is 29.2 Å². The zero-order valence-corrected chi connectivity index (χ0v) is 30.1. The number of nitrogens with one attached hydrogen (secondary N) is 2. The molecule has 0 saturated carbocycles. The Bertz CT molecular complexity index is 1580. The van der Waals surface area contributed by atoms with Crippen LogP contribution in [0.1, 0.15) is 47.4 Å². The number of carbonyl (C=O) groups excluding carboxylic acids is 3. The van der Waals surface area contributed by atoms with E-state index in [9.17, 15) is 14.4 Å². The van der Waals surface area contributed by atoms with E-state index in [-0.39, 0.29) is 30.4 Å². The maximum atomic E-state index is 14.2. The Hall–Kier alpha value is -4.52. The van der Waals surface area contributed by atoms with Gasteiger partial charge in [-0.25, -0.2) is 9.59 Å². The van der Waals surface area contributed by atoms with Gasteiger partial charge in [0.15, 0.2) is 5.78 Å². The molecule has 3 amide bonds. The summed E-state index contributed by atoms with van der Waals surface area (Å²) in [6.07, 6.45) is 6.24. The van der Waals surface area contributed by atoms with Crippen LogP contribution in [0.4, 0.5) is 9.59 Å². The number of nitrogens with zero attached hydrogens (tertiary/aromatic N) is 3. The van der Waals surface area contributed by atoms with Crippen molar-refractivity contribution in [2.75, 3.05) is 39.9 Å². The average molecular weight is 716 g/mol. The highest BCUT2D eigenvalue weighted by atomic mass is 32.1. The maximum Gasteiger partial charge on any atom is 0.407 e. The number of hydrogen-bond acceptors (Lipinski definition) is 9. The van der Waals surface area contributed by atoms with Crippen molar-refractivity contribution in [3.05, 3.63) is 113 Å². The zero-order chi connectivity index (χ0) is 35.7. The van der Waals surface area contributed by atoms with E-state index in [4.69, 9.17) is 13.9 Å². The average Bonchev–Trinajstić information content (AvgIpc) is 3.87. The van der Waals surface area contributed by atoms with Crippen LogP contribution in [-0.4, -0.2) is 84.7 Å². The quantitative estimate of drug-likeness (QED) is 0.119. The van der Waals surface area contributed by atoms with E-state index in [0.29, 0.717) is 70.6 Å². The lowest BCUT2D eigenvalue weighted by molar-refractivity contribution is -0.122. The molecule has 0 aliphatic carbocycles. The summed E-state index contributed by atoms with van der Waals surface area (Å²) in [6.45, 7) is 4.05. The maximum absolute atomic E-state index is 14.2. The Morgan fingerprint density at radius 1 is 0.922 bits per heavy atom. The zero-order valence-electron chi connectivity index (χ0n) is 29.3. The molecule has 1 aliphatic heterocycles. The molecule has 0 bridgehead atoms. The van der Waals surface area contributed by atoms with E-state index >= 15 is 0 Å². The van der Waals surface area contributed by atoms with Crippen molar-refractivity contribution in [3.63, 3.8) is 0 Å². The van der Waals surface area contributed by atoms with Crippen LogP contribution in [0.2, 0.25) is 0 Å². The van der Waals surface area contributed by atoms with Crippen molar-refractivity contribution in [3.8, 4) is 0 Å². The molecule has 3 atom stereocenters. The second-order valence-electron chi connectivity index (χ2n) is 13.1. The van der Waals surface area contributed by atoms with Gasteiger partial charge in [0.05, 0.1) is 42.5 Å². The standard InChI is InChI=1S/C39H49N5O6S/c1-43(27-34-13-8-20-49-34)38(46)42-36(16-17-44-18-21-48-22-19-44)37(45)25-32(23-30-9-4-2-5-10-30)14-15-33(24-31-11-6-3-7-12-31)41-39(47)50-28-35-26-40-29-51-35/h2-13,20,26,29,32-33,36H,14-19,21-25,27-28H2,1H3,(H,41,47)(H,42,46)/t32-,33-,36+/m1/s1. The van der Waals surface area contributed by atoms with Crippen molar-refractivity contribution in [1.82, 2.24) is 25.4 Å². The molecule has 272 valence electrons.